The number of methoxy groups -OCH3 is 1. The van der Waals surface area contributed by atoms with Crippen molar-refractivity contribution < 1.29 is 28.0 Å². The van der Waals surface area contributed by atoms with Crippen molar-refractivity contribution >= 4 is 13.5 Å². The van der Waals surface area contributed by atoms with Gasteiger partial charge in [0, 0.05) is 12.6 Å². The van der Waals surface area contributed by atoms with Crippen LogP contribution in [0.25, 0.3) is 0 Å². The first-order valence-corrected chi connectivity index (χ1v) is 10.4. The van der Waals surface area contributed by atoms with Crippen molar-refractivity contribution in [3.8, 4) is 11.5 Å². The van der Waals surface area contributed by atoms with Gasteiger partial charge in [0.15, 0.2) is 11.5 Å². The van der Waals surface area contributed by atoms with Crippen molar-refractivity contribution in [3.63, 3.8) is 0 Å². The molecule has 0 aliphatic carbocycles. The molecular formula is C18H27N2O6P. The average molecular weight is 398 g/mol. The zero-order valence-electron chi connectivity index (χ0n) is 16.3. The lowest BCUT2D eigenvalue weighted by Crippen LogP contribution is -2.16. The number of aromatic nitrogens is 1. The van der Waals surface area contributed by atoms with Crippen LogP contribution in [0.2, 0.25) is 0 Å². The Morgan fingerprint density at radius 3 is 2.41 bits per heavy atom. The van der Waals surface area contributed by atoms with E-state index in [-0.39, 0.29) is 25.5 Å². The lowest BCUT2D eigenvalue weighted by molar-refractivity contribution is 0.212. The number of benzene rings is 1. The second-order valence-electron chi connectivity index (χ2n) is 5.99. The average Bonchev–Trinajstić information content (AvgIpc) is 3.03. The Labute approximate surface area is 159 Å². The molecule has 0 radical (unpaired) electrons. The summed E-state index contributed by atoms with van der Waals surface area (Å²) in [5.41, 5.74) is 1.35. The lowest BCUT2D eigenvalue weighted by Gasteiger charge is -2.27. The molecule has 0 saturated carbocycles. The SMILES string of the molecule is CCOP(=O)(OCC)C(CNc1cc(C)no1)c1cc(C)c(O)c(OC)c1. The second kappa shape index (κ2) is 9.26. The van der Waals surface area contributed by atoms with Gasteiger partial charge in [-0.15, -0.1) is 0 Å². The summed E-state index contributed by atoms with van der Waals surface area (Å²) in [6.07, 6.45) is 0. The number of rotatable bonds is 10. The molecule has 0 aliphatic rings. The Morgan fingerprint density at radius 2 is 1.89 bits per heavy atom. The van der Waals surface area contributed by atoms with Crippen molar-refractivity contribution in [3.05, 3.63) is 35.0 Å². The highest BCUT2D eigenvalue weighted by Gasteiger charge is 2.37. The first-order chi connectivity index (χ1) is 12.8. The van der Waals surface area contributed by atoms with Gasteiger partial charge in [0.1, 0.15) is 5.66 Å². The Kier molecular flexibility index (Phi) is 7.30. The molecule has 1 atom stereocenters. The number of phenols is 1. The van der Waals surface area contributed by atoms with Crippen LogP contribution in [0.1, 0.15) is 36.3 Å². The number of nitrogens with zero attached hydrogens (tertiary/aromatic N) is 1. The largest absolute Gasteiger partial charge is 0.504 e. The fourth-order valence-corrected chi connectivity index (χ4v) is 4.74. The molecule has 2 rings (SSSR count). The minimum Gasteiger partial charge on any atom is -0.504 e. The maximum Gasteiger partial charge on any atom is 0.339 e. The van der Waals surface area contributed by atoms with Gasteiger partial charge in [0.05, 0.1) is 26.0 Å². The summed E-state index contributed by atoms with van der Waals surface area (Å²) < 4.78 is 35.1. The Hall–Kier alpha value is -2.02. The van der Waals surface area contributed by atoms with Crippen LogP contribution in [0.4, 0.5) is 5.88 Å². The Balaban J connectivity index is 2.44. The number of hydrogen-bond acceptors (Lipinski definition) is 8. The molecule has 0 fully saturated rings. The van der Waals surface area contributed by atoms with E-state index in [1.807, 2.05) is 6.92 Å². The molecule has 0 spiro atoms. The van der Waals surface area contributed by atoms with Gasteiger partial charge in [-0.05, 0) is 44.9 Å². The maximum absolute atomic E-state index is 13.5. The van der Waals surface area contributed by atoms with Gasteiger partial charge in [0.25, 0.3) is 0 Å². The molecule has 1 unspecified atom stereocenters. The van der Waals surface area contributed by atoms with Crippen LogP contribution in [-0.4, -0.2) is 37.1 Å². The summed E-state index contributed by atoms with van der Waals surface area (Å²) in [6.45, 7) is 7.78. The predicted octanol–water partition coefficient (Wildman–Crippen LogP) is 4.42. The van der Waals surface area contributed by atoms with Gasteiger partial charge in [-0.3, -0.25) is 4.57 Å². The third-order valence-corrected chi connectivity index (χ3v) is 6.47. The van der Waals surface area contributed by atoms with E-state index in [0.29, 0.717) is 22.8 Å². The zero-order valence-corrected chi connectivity index (χ0v) is 17.2. The number of anilines is 1. The molecule has 9 heteroatoms. The molecule has 1 aromatic heterocycles. The zero-order chi connectivity index (χ0) is 20.0. The minimum atomic E-state index is -3.51. The van der Waals surface area contributed by atoms with Crippen LogP contribution in [-0.2, 0) is 13.6 Å². The topological polar surface area (TPSA) is 103 Å². The highest BCUT2D eigenvalue weighted by atomic mass is 31.2. The third-order valence-electron chi connectivity index (χ3n) is 3.99. The Bertz CT molecular complexity index is 797. The molecule has 0 aliphatic heterocycles. The smallest absolute Gasteiger partial charge is 0.339 e. The fraction of sp³-hybridized carbons (Fsp3) is 0.500. The number of hydrogen-bond donors (Lipinski definition) is 2. The molecule has 27 heavy (non-hydrogen) atoms. The van der Waals surface area contributed by atoms with E-state index >= 15 is 0 Å². The quantitative estimate of drug-likeness (QED) is 0.567. The van der Waals surface area contributed by atoms with E-state index in [9.17, 15) is 9.67 Å². The van der Waals surface area contributed by atoms with E-state index in [4.69, 9.17) is 18.3 Å². The lowest BCUT2D eigenvalue weighted by atomic mass is 10.1. The van der Waals surface area contributed by atoms with Crippen LogP contribution in [0.3, 0.4) is 0 Å². The molecule has 1 heterocycles. The van der Waals surface area contributed by atoms with Gasteiger partial charge in [-0.2, -0.15) is 0 Å². The summed E-state index contributed by atoms with van der Waals surface area (Å²) in [6, 6.07) is 5.14. The number of phenolic OH excluding ortho intramolecular Hbond substituents is 1. The van der Waals surface area contributed by atoms with E-state index < -0.39 is 13.3 Å². The third kappa shape index (κ3) is 5.03. The number of nitrogens with one attached hydrogen (secondary N) is 1. The molecule has 0 amide bonds. The van der Waals surface area contributed by atoms with Crippen molar-refractivity contribution in [2.75, 3.05) is 32.2 Å². The molecule has 8 nitrogen and oxygen atoms in total. The van der Waals surface area contributed by atoms with Gasteiger partial charge in [-0.25, -0.2) is 0 Å². The Morgan fingerprint density at radius 1 is 1.22 bits per heavy atom. The van der Waals surface area contributed by atoms with Crippen LogP contribution >= 0.6 is 7.60 Å². The van der Waals surface area contributed by atoms with E-state index in [1.165, 1.54) is 7.11 Å². The van der Waals surface area contributed by atoms with Crippen molar-refractivity contribution in [2.24, 2.45) is 0 Å². The van der Waals surface area contributed by atoms with Crippen LogP contribution in [0, 0.1) is 13.8 Å². The molecule has 0 bridgehead atoms. The van der Waals surface area contributed by atoms with E-state index in [1.54, 1.807) is 39.0 Å². The van der Waals surface area contributed by atoms with E-state index in [2.05, 4.69) is 10.5 Å². The van der Waals surface area contributed by atoms with Crippen molar-refractivity contribution in [2.45, 2.75) is 33.4 Å². The first kappa shape index (κ1) is 21.3. The molecule has 2 aromatic rings. The summed E-state index contributed by atoms with van der Waals surface area (Å²) in [7, 11) is -2.04. The molecule has 1 aromatic carbocycles. The van der Waals surface area contributed by atoms with Gasteiger partial charge in [0.2, 0.25) is 5.88 Å². The summed E-state index contributed by atoms with van der Waals surface area (Å²) in [4.78, 5) is 0. The predicted molar refractivity (Wildman–Crippen MR) is 103 cm³/mol. The number of aromatic hydroxyl groups is 1. The van der Waals surface area contributed by atoms with Gasteiger partial charge < -0.3 is 28.7 Å². The number of aryl methyl sites for hydroxylation is 2. The van der Waals surface area contributed by atoms with E-state index in [0.717, 1.165) is 5.69 Å². The standard InChI is InChI=1S/C18H27N2O6P/c1-6-24-27(22,25-7-2)16(11-19-17-9-13(4)20-26-17)14-8-12(3)18(21)15(10-14)23-5/h8-10,16,19,21H,6-7,11H2,1-5H3. The van der Waals surface area contributed by atoms with Gasteiger partial charge >= 0.3 is 7.60 Å². The molecule has 0 saturated heterocycles. The van der Waals surface area contributed by atoms with Crippen LogP contribution in [0.5, 0.6) is 11.5 Å². The number of ether oxygens (including phenoxy) is 1. The summed E-state index contributed by atoms with van der Waals surface area (Å²) >= 11 is 0. The van der Waals surface area contributed by atoms with Crippen LogP contribution < -0.4 is 10.1 Å². The monoisotopic (exact) mass is 398 g/mol. The first-order valence-electron chi connectivity index (χ1n) is 8.78. The normalized spacial score (nSPS) is 12.8. The molecule has 150 valence electrons. The highest BCUT2D eigenvalue weighted by molar-refractivity contribution is 7.54. The highest BCUT2D eigenvalue weighted by Crippen LogP contribution is 2.61. The second-order valence-corrected chi connectivity index (χ2v) is 8.21. The fourth-order valence-electron chi connectivity index (χ4n) is 2.76. The van der Waals surface area contributed by atoms with Gasteiger partial charge in [-0.1, -0.05) is 11.2 Å². The summed E-state index contributed by atoms with van der Waals surface area (Å²) in [5.74, 6) is 0.797. The van der Waals surface area contributed by atoms with Crippen molar-refractivity contribution in [1.82, 2.24) is 5.16 Å². The molecule has 2 N–H and O–H groups in total. The van der Waals surface area contributed by atoms with Crippen LogP contribution in [0.15, 0.2) is 22.7 Å². The van der Waals surface area contributed by atoms with Crippen molar-refractivity contribution in [1.29, 1.82) is 0 Å². The molecular weight excluding hydrogens is 371 g/mol. The maximum atomic E-state index is 13.5. The summed E-state index contributed by atoms with van der Waals surface area (Å²) in [5, 5.41) is 17.1. The minimum absolute atomic E-state index is 0.0430.